The van der Waals surface area contributed by atoms with Gasteiger partial charge in [-0.1, -0.05) is 31.7 Å². The number of Topliss-reactive ketones (excluding diaryl/α,β-unsaturated/α-hetero) is 1. The van der Waals surface area contributed by atoms with E-state index in [4.69, 9.17) is 4.74 Å². The Labute approximate surface area is 294 Å². The quantitative estimate of drug-likeness (QED) is 0.331. The molecule has 3 unspecified atom stereocenters. The number of nitrogens with zero attached hydrogens (tertiary/aromatic N) is 3. The van der Waals surface area contributed by atoms with Gasteiger partial charge in [0.15, 0.2) is 0 Å². The molecule has 0 spiro atoms. The zero-order valence-electron chi connectivity index (χ0n) is 29.5. The van der Waals surface area contributed by atoms with E-state index in [0.717, 1.165) is 95.7 Å². The Kier molecular flexibility index (Phi) is 8.17. The number of amides is 2. The first-order valence-corrected chi connectivity index (χ1v) is 19.8. The van der Waals surface area contributed by atoms with Gasteiger partial charge < -0.3 is 14.2 Å². The minimum absolute atomic E-state index is 0.0386. The van der Waals surface area contributed by atoms with E-state index in [1.807, 2.05) is 23.1 Å². The summed E-state index contributed by atoms with van der Waals surface area (Å²) in [4.78, 5) is 43.0. The van der Waals surface area contributed by atoms with Gasteiger partial charge in [0.1, 0.15) is 11.5 Å². The molecule has 1 saturated heterocycles. The fourth-order valence-corrected chi connectivity index (χ4v) is 10.7. The van der Waals surface area contributed by atoms with Crippen molar-refractivity contribution in [2.24, 2.45) is 23.2 Å². The summed E-state index contributed by atoms with van der Waals surface area (Å²) < 4.78 is 36.5. The lowest BCUT2D eigenvalue weighted by Gasteiger charge is -2.34. The van der Waals surface area contributed by atoms with Crippen molar-refractivity contribution in [3.63, 3.8) is 0 Å². The van der Waals surface area contributed by atoms with Gasteiger partial charge in [0.05, 0.1) is 18.2 Å². The standard InChI is InChI=1S/C39H48N4O6S/c1-23(44)42-20-26-11-8-12-29(32(26)21-42)37(45)39-19-33(39)31-18-27(49-4)14-16-28(31)36-35(24-9-6-5-7-10-24)30-15-13-25(17-34(30)43(36)22-39)38(46)40-50(47,48)41(2)3/h13-18,24,26,29,32-33H,5-12,19-22H2,1-4H3,(H,40,46)/t26-,29?,32+,33?,39?/m0/s1. The number of hydrogen-bond acceptors (Lipinski definition) is 6. The van der Waals surface area contributed by atoms with E-state index in [9.17, 15) is 18.0 Å². The second-order valence-electron chi connectivity index (χ2n) is 15.7. The molecule has 50 heavy (non-hydrogen) atoms. The predicted molar refractivity (Wildman–Crippen MR) is 191 cm³/mol. The fourth-order valence-electron chi connectivity index (χ4n) is 10.2. The highest BCUT2D eigenvalue weighted by Crippen LogP contribution is 2.67. The third-order valence-corrected chi connectivity index (χ3v) is 14.3. The Morgan fingerprint density at radius 3 is 2.46 bits per heavy atom. The van der Waals surface area contributed by atoms with Gasteiger partial charge >= 0.3 is 10.2 Å². The number of likely N-dealkylation sites (tertiary alicyclic amines) is 1. The molecule has 3 aliphatic carbocycles. The van der Waals surface area contributed by atoms with Crippen LogP contribution in [0, 0.1) is 23.2 Å². The van der Waals surface area contributed by atoms with Crippen molar-refractivity contribution in [3.05, 3.63) is 53.1 Å². The molecule has 3 saturated carbocycles. The van der Waals surface area contributed by atoms with E-state index in [0.29, 0.717) is 30.7 Å². The first kappa shape index (κ1) is 33.4. The third-order valence-electron chi connectivity index (χ3n) is 12.9. The lowest BCUT2D eigenvalue weighted by Crippen LogP contribution is -2.39. The highest BCUT2D eigenvalue weighted by Gasteiger charge is 2.64. The number of benzene rings is 2. The van der Waals surface area contributed by atoms with Crippen LogP contribution in [0.4, 0.5) is 0 Å². The Bertz CT molecular complexity index is 2010. The van der Waals surface area contributed by atoms with E-state index in [-0.39, 0.29) is 29.2 Å². The van der Waals surface area contributed by atoms with E-state index >= 15 is 4.79 Å². The average Bonchev–Trinajstić information content (AvgIpc) is 3.55. The molecule has 0 radical (unpaired) electrons. The number of methoxy groups -OCH3 is 1. The van der Waals surface area contributed by atoms with Crippen LogP contribution in [0.5, 0.6) is 5.75 Å². The van der Waals surface area contributed by atoms with Gasteiger partial charge in [-0.3, -0.25) is 14.4 Å². The number of carbonyl (C=O) groups excluding carboxylic acids is 3. The lowest BCUT2D eigenvalue weighted by atomic mass is 9.68. The summed E-state index contributed by atoms with van der Waals surface area (Å²) >= 11 is 0. The van der Waals surface area contributed by atoms with Crippen molar-refractivity contribution in [2.75, 3.05) is 34.3 Å². The fraction of sp³-hybridized carbons (Fsp3) is 0.564. The lowest BCUT2D eigenvalue weighted by molar-refractivity contribution is -0.133. The molecule has 0 bridgehead atoms. The monoisotopic (exact) mass is 700 g/mol. The van der Waals surface area contributed by atoms with Crippen LogP contribution in [-0.4, -0.2) is 74.1 Å². The van der Waals surface area contributed by atoms with Crippen molar-refractivity contribution >= 4 is 38.7 Å². The molecule has 1 aromatic heterocycles. The van der Waals surface area contributed by atoms with Gasteiger partial charge in [0.2, 0.25) is 5.91 Å². The number of nitrogens with one attached hydrogen (secondary N) is 1. The SMILES string of the molecule is COc1ccc2c(c1)C1CC1(C(=O)C1CCC[C@H]3CN(C(C)=O)C[C@@H]13)Cn1c-2c(C2CCCCC2)c2ccc(C(=O)NS(=O)(=O)N(C)C)cc21. The average molecular weight is 701 g/mol. The number of ether oxygens (including phenoxy) is 1. The van der Waals surface area contributed by atoms with Crippen molar-refractivity contribution in [1.29, 1.82) is 0 Å². The molecular weight excluding hydrogens is 653 g/mol. The summed E-state index contributed by atoms with van der Waals surface area (Å²) in [5, 5.41) is 1.06. The number of carbonyl (C=O) groups is 3. The zero-order chi connectivity index (χ0) is 35.1. The molecule has 1 N–H and O–H groups in total. The normalized spacial score (nSPS) is 27.6. The van der Waals surface area contributed by atoms with Crippen LogP contribution in [0.2, 0.25) is 0 Å². The first-order chi connectivity index (χ1) is 23.9. The molecule has 8 rings (SSSR count). The molecule has 2 aromatic carbocycles. The van der Waals surface area contributed by atoms with E-state index in [2.05, 4.69) is 21.4 Å². The number of fused-ring (bicyclic) bond motifs is 8. The highest BCUT2D eigenvalue weighted by atomic mass is 32.2. The number of ketones is 1. The van der Waals surface area contributed by atoms with E-state index in [1.165, 1.54) is 26.1 Å². The summed E-state index contributed by atoms with van der Waals surface area (Å²) in [5.41, 5.74) is 5.16. The summed E-state index contributed by atoms with van der Waals surface area (Å²) in [6.07, 6.45) is 9.32. The minimum atomic E-state index is -3.99. The van der Waals surface area contributed by atoms with Crippen molar-refractivity contribution in [2.45, 2.75) is 83.1 Å². The maximum absolute atomic E-state index is 15.2. The van der Waals surface area contributed by atoms with Gasteiger partial charge in [-0.2, -0.15) is 12.7 Å². The van der Waals surface area contributed by atoms with Crippen LogP contribution in [-0.2, 0) is 26.3 Å². The number of aromatic nitrogens is 1. The topological polar surface area (TPSA) is 118 Å². The van der Waals surface area contributed by atoms with Crippen LogP contribution in [0.25, 0.3) is 22.2 Å². The largest absolute Gasteiger partial charge is 0.497 e. The van der Waals surface area contributed by atoms with Gasteiger partial charge in [-0.05, 0) is 91.3 Å². The molecule has 2 amide bonds. The third kappa shape index (κ3) is 5.29. The summed E-state index contributed by atoms with van der Waals surface area (Å²) in [7, 11) is 0.462. The Hall–Kier alpha value is -3.70. The first-order valence-electron chi connectivity index (χ1n) is 18.3. The number of hydrogen-bond donors (Lipinski definition) is 1. The maximum Gasteiger partial charge on any atom is 0.303 e. The molecule has 5 atom stereocenters. The molecular formula is C39H48N4O6S. The minimum Gasteiger partial charge on any atom is -0.497 e. The van der Waals surface area contributed by atoms with E-state index in [1.54, 1.807) is 20.1 Å². The highest BCUT2D eigenvalue weighted by molar-refractivity contribution is 7.87. The molecule has 4 fully saturated rings. The van der Waals surface area contributed by atoms with Crippen molar-refractivity contribution < 1.29 is 27.5 Å². The van der Waals surface area contributed by atoms with Crippen LogP contribution in [0.1, 0.15) is 98.0 Å². The second-order valence-corrected chi connectivity index (χ2v) is 17.6. The summed E-state index contributed by atoms with van der Waals surface area (Å²) in [6, 6.07) is 11.8. The Morgan fingerprint density at radius 1 is 0.960 bits per heavy atom. The van der Waals surface area contributed by atoms with Gasteiger partial charge in [0.25, 0.3) is 5.91 Å². The Morgan fingerprint density at radius 2 is 1.74 bits per heavy atom. The summed E-state index contributed by atoms with van der Waals surface area (Å²) in [5.74, 6) is 1.29. The molecule has 3 aromatic rings. The maximum atomic E-state index is 15.2. The molecule has 266 valence electrons. The van der Waals surface area contributed by atoms with Crippen LogP contribution in [0.15, 0.2) is 36.4 Å². The smallest absolute Gasteiger partial charge is 0.303 e. The zero-order valence-corrected chi connectivity index (χ0v) is 30.4. The molecule has 2 aliphatic heterocycles. The van der Waals surface area contributed by atoms with Crippen LogP contribution >= 0.6 is 0 Å². The molecule has 10 nitrogen and oxygen atoms in total. The van der Waals surface area contributed by atoms with Crippen molar-refractivity contribution in [3.8, 4) is 17.0 Å². The molecule has 11 heteroatoms. The van der Waals surface area contributed by atoms with Gasteiger partial charge in [-0.15, -0.1) is 0 Å². The van der Waals surface area contributed by atoms with Crippen molar-refractivity contribution in [1.82, 2.24) is 18.5 Å². The number of rotatable bonds is 7. The van der Waals surface area contributed by atoms with Crippen LogP contribution < -0.4 is 9.46 Å². The second kappa shape index (κ2) is 12.2. The molecule has 5 aliphatic rings. The van der Waals surface area contributed by atoms with E-state index < -0.39 is 21.5 Å². The van der Waals surface area contributed by atoms with Gasteiger partial charge in [0, 0.05) is 74.5 Å². The predicted octanol–water partition coefficient (Wildman–Crippen LogP) is 5.85. The Balaban J connectivity index is 1.30. The molecule has 3 heterocycles. The van der Waals surface area contributed by atoms with Gasteiger partial charge in [-0.25, -0.2) is 4.72 Å². The van der Waals surface area contributed by atoms with Crippen LogP contribution in [0.3, 0.4) is 0 Å². The summed E-state index contributed by atoms with van der Waals surface area (Å²) in [6.45, 7) is 3.52.